The van der Waals surface area contributed by atoms with Crippen molar-refractivity contribution in [1.82, 2.24) is 9.99 Å². The molecular weight excluding hydrogens is 326 g/mol. The molecule has 1 amide bonds. The average Bonchev–Trinajstić information content (AvgIpc) is 2.88. The van der Waals surface area contributed by atoms with Gasteiger partial charge in [0.25, 0.3) is 0 Å². The second-order valence-corrected chi connectivity index (χ2v) is 5.88. The minimum absolute atomic E-state index is 0.123. The number of Topliss-reactive ketones (excluding diaryl/α,β-unsaturated/α-hetero) is 1. The number of hydrogen-bond acceptors (Lipinski definition) is 6. The monoisotopic (exact) mass is 349 g/mol. The Morgan fingerprint density at radius 3 is 2.72 bits per heavy atom. The topological polar surface area (TPSA) is 99.0 Å². The average molecular weight is 349 g/mol. The van der Waals surface area contributed by atoms with Crippen LogP contribution in [0.2, 0.25) is 0 Å². The van der Waals surface area contributed by atoms with E-state index < -0.39 is 5.97 Å². The number of hydrazone groups is 1. The SMILES string of the molecule is COCCCn1c(C)cc(C(=O)COC(=O)C2=NNC(=O)CC2)c1C. The number of ketones is 1. The molecule has 2 heterocycles. The summed E-state index contributed by atoms with van der Waals surface area (Å²) >= 11 is 0. The van der Waals surface area contributed by atoms with E-state index >= 15 is 0 Å². The molecule has 0 spiro atoms. The highest BCUT2D eigenvalue weighted by Crippen LogP contribution is 2.16. The Hall–Kier alpha value is -2.48. The molecule has 0 aromatic carbocycles. The van der Waals surface area contributed by atoms with Gasteiger partial charge in [0.1, 0.15) is 5.71 Å². The van der Waals surface area contributed by atoms with E-state index in [2.05, 4.69) is 15.1 Å². The number of aryl methyl sites for hydroxylation is 1. The van der Waals surface area contributed by atoms with Gasteiger partial charge in [0.15, 0.2) is 6.61 Å². The van der Waals surface area contributed by atoms with E-state index in [1.807, 2.05) is 13.8 Å². The molecule has 0 unspecified atom stereocenters. The first-order valence-corrected chi connectivity index (χ1v) is 8.15. The summed E-state index contributed by atoms with van der Waals surface area (Å²) in [4.78, 5) is 35.3. The van der Waals surface area contributed by atoms with E-state index in [-0.39, 0.29) is 36.9 Å². The van der Waals surface area contributed by atoms with Gasteiger partial charge in [-0.25, -0.2) is 10.2 Å². The standard InChI is InChI=1S/C17H23N3O5/c1-11-9-13(12(2)20(11)7-4-8-24-3)15(21)10-25-17(23)14-5-6-16(22)19-18-14/h9H,4-8,10H2,1-3H3,(H,19,22). The Morgan fingerprint density at radius 1 is 1.32 bits per heavy atom. The van der Waals surface area contributed by atoms with Crippen LogP contribution in [0.4, 0.5) is 0 Å². The molecule has 0 saturated heterocycles. The van der Waals surface area contributed by atoms with Crippen LogP contribution in [0.25, 0.3) is 0 Å². The van der Waals surface area contributed by atoms with Crippen molar-refractivity contribution < 1.29 is 23.9 Å². The second-order valence-electron chi connectivity index (χ2n) is 5.88. The van der Waals surface area contributed by atoms with Crippen LogP contribution in [0.3, 0.4) is 0 Å². The van der Waals surface area contributed by atoms with Crippen LogP contribution >= 0.6 is 0 Å². The molecule has 0 radical (unpaired) electrons. The lowest BCUT2D eigenvalue weighted by Crippen LogP contribution is -2.31. The van der Waals surface area contributed by atoms with Crippen molar-refractivity contribution in [3.63, 3.8) is 0 Å². The zero-order valence-electron chi connectivity index (χ0n) is 14.8. The van der Waals surface area contributed by atoms with Gasteiger partial charge in [-0.3, -0.25) is 9.59 Å². The van der Waals surface area contributed by atoms with Crippen LogP contribution in [0.15, 0.2) is 11.2 Å². The Kier molecular flexibility index (Phi) is 6.46. The predicted octanol–water partition coefficient (Wildman–Crippen LogP) is 1.13. The maximum Gasteiger partial charge on any atom is 0.354 e. The van der Waals surface area contributed by atoms with Crippen molar-refractivity contribution in [3.8, 4) is 0 Å². The van der Waals surface area contributed by atoms with Crippen LogP contribution in [0.1, 0.15) is 41.0 Å². The van der Waals surface area contributed by atoms with E-state index in [1.165, 1.54) is 0 Å². The summed E-state index contributed by atoms with van der Waals surface area (Å²) in [5.41, 5.74) is 4.71. The Labute approximate surface area is 146 Å². The van der Waals surface area contributed by atoms with E-state index in [1.54, 1.807) is 13.2 Å². The number of nitrogens with zero attached hydrogens (tertiary/aromatic N) is 2. The van der Waals surface area contributed by atoms with E-state index in [4.69, 9.17) is 9.47 Å². The van der Waals surface area contributed by atoms with Gasteiger partial charge in [0.05, 0.1) is 0 Å². The van der Waals surface area contributed by atoms with Crippen LogP contribution in [-0.2, 0) is 25.6 Å². The van der Waals surface area contributed by atoms with Crippen LogP contribution in [-0.4, -0.2) is 48.3 Å². The van der Waals surface area contributed by atoms with Gasteiger partial charge in [0.2, 0.25) is 11.7 Å². The molecule has 0 atom stereocenters. The molecule has 136 valence electrons. The highest BCUT2D eigenvalue weighted by molar-refractivity contribution is 6.37. The smallest absolute Gasteiger partial charge is 0.354 e. The summed E-state index contributed by atoms with van der Waals surface area (Å²) in [6, 6.07) is 1.80. The predicted molar refractivity (Wildman–Crippen MR) is 90.5 cm³/mol. The van der Waals surface area contributed by atoms with Crippen molar-refractivity contribution in [3.05, 3.63) is 23.0 Å². The number of esters is 1. The Bertz CT molecular complexity index is 705. The fraction of sp³-hybridized carbons (Fsp3) is 0.529. The lowest BCUT2D eigenvalue weighted by Gasteiger charge is -2.11. The highest BCUT2D eigenvalue weighted by atomic mass is 16.5. The molecule has 1 aromatic rings. The maximum atomic E-state index is 12.4. The minimum atomic E-state index is -0.678. The van der Waals surface area contributed by atoms with Gasteiger partial charge >= 0.3 is 5.97 Å². The molecule has 1 aromatic heterocycles. The summed E-state index contributed by atoms with van der Waals surface area (Å²) in [7, 11) is 1.65. The maximum absolute atomic E-state index is 12.4. The summed E-state index contributed by atoms with van der Waals surface area (Å²) in [5, 5.41) is 3.65. The number of ether oxygens (including phenoxy) is 2. The molecule has 1 N–H and O–H groups in total. The van der Waals surface area contributed by atoms with Gasteiger partial charge in [0, 0.05) is 50.1 Å². The van der Waals surface area contributed by atoms with Crippen LogP contribution < -0.4 is 5.43 Å². The molecular formula is C17H23N3O5. The normalized spacial score (nSPS) is 14.0. The highest BCUT2D eigenvalue weighted by Gasteiger charge is 2.22. The zero-order valence-corrected chi connectivity index (χ0v) is 14.8. The molecule has 0 aliphatic carbocycles. The van der Waals surface area contributed by atoms with Gasteiger partial charge in [-0.1, -0.05) is 0 Å². The molecule has 1 aliphatic heterocycles. The van der Waals surface area contributed by atoms with Crippen LogP contribution in [0.5, 0.6) is 0 Å². The van der Waals surface area contributed by atoms with E-state index in [0.29, 0.717) is 12.2 Å². The summed E-state index contributed by atoms with van der Waals surface area (Å²) in [6.07, 6.45) is 1.25. The first-order chi connectivity index (χ1) is 11.9. The van der Waals surface area contributed by atoms with Crippen molar-refractivity contribution >= 4 is 23.4 Å². The quantitative estimate of drug-likeness (QED) is 0.431. The van der Waals surface area contributed by atoms with E-state index in [0.717, 1.165) is 24.4 Å². The van der Waals surface area contributed by atoms with Crippen molar-refractivity contribution in [2.45, 2.75) is 39.7 Å². The molecule has 0 fully saturated rings. The Morgan fingerprint density at radius 2 is 2.08 bits per heavy atom. The molecule has 8 nitrogen and oxygen atoms in total. The number of carbonyl (C=O) groups excluding carboxylic acids is 3. The molecule has 2 rings (SSSR count). The first-order valence-electron chi connectivity index (χ1n) is 8.15. The fourth-order valence-electron chi connectivity index (χ4n) is 2.71. The minimum Gasteiger partial charge on any atom is -0.453 e. The van der Waals surface area contributed by atoms with Gasteiger partial charge in [-0.15, -0.1) is 0 Å². The molecule has 25 heavy (non-hydrogen) atoms. The zero-order chi connectivity index (χ0) is 18.4. The molecule has 0 saturated carbocycles. The van der Waals surface area contributed by atoms with Crippen LogP contribution in [0, 0.1) is 13.8 Å². The molecule has 0 bridgehead atoms. The van der Waals surface area contributed by atoms with Gasteiger partial charge in [-0.05, 0) is 26.3 Å². The largest absolute Gasteiger partial charge is 0.453 e. The lowest BCUT2D eigenvalue weighted by atomic mass is 10.1. The first kappa shape index (κ1) is 18.9. The third-order valence-corrected chi connectivity index (χ3v) is 4.08. The number of rotatable bonds is 8. The third kappa shape index (κ3) is 4.76. The Balaban J connectivity index is 1.95. The van der Waals surface area contributed by atoms with Crippen molar-refractivity contribution in [2.75, 3.05) is 20.3 Å². The van der Waals surface area contributed by atoms with Crippen molar-refractivity contribution in [1.29, 1.82) is 0 Å². The van der Waals surface area contributed by atoms with Gasteiger partial charge < -0.3 is 14.0 Å². The van der Waals surface area contributed by atoms with E-state index in [9.17, 15) is 14.4 Å². The summed E-state index contributed by atoms with van der Waals surface area (Å²) in [6.45, 7) is 4.86. The third-order valence-electron chi connectivity index (χ3n) is 4.08. The van der Waals surface area contributed by atoms with Gasteiger partial charge in [-0.2, -0.15) is 5.10 Å². The fourth-order valence-corrected chi connectivity index (χ4v) is 2.71. The number of nitrogens with one attached hydrogen (secondary N) is 1. The number of methoxy groups -OCH3 is 1. The lowest BCUT2D eigenvalue weighted by molar-refractivity contribution is -0.134. The van der Waals surface area contributed by atoms with Crippen molar-refractivity contribution in [2.24, 2.45) is 5.10 Å². The number of hydrogen-bond donors (Lipinski definition) is 1. The summed E-state index contributed by atoms with van der Waals surface area (Å²) < 4.78 is 12.1. The number of amides is 1. The molecule has 1 aliphatic rings. The summed E-state index contributed by atoms with van der Waals surface area (Å²) in [5.74, 6) is -1.18. The number of carbonyl (C=O) groups is 3. The molecule has 8 heteroatoms. The number of aromatic nitrogens is 1. The second kappa shape index (κ2) is 8.57.